The summed E-state index contributed by atoms with van der Waals surface area (Å²) in [6.07, 6.45) is 2.66. The van der Waals surface area contributed by atoms with E-state index < -0.39 is 0 Å². The SMILES string of the molecule is CC(=O)SC1CC(C)(CC#N)C1. The zero-order chi connectivity index (χ0) is 9.19. The first kappa shape index (κ1) is 9.60. The van der Waals surface area contributed by atoms with Gasteiger partial charge in [-0.1, -0.05) is 18.7 Å². The Morgan fingerprint density at radius 2 is 2.33 bits per heavy atom. The number of carbonyl (C=O) groups excluding carboxylic acids is 1. The molecule has 0 aromatic rings. The highest BCUT2D eigenvalue weighted by atomic mass is 32.2. The molecule has 0 atom stereocenters. The molecule has 0 aromatic carbocycles. The van der Waals surface area contributed by atoms with Crippen LogP contribution in [0, 0.1) is 16.7 Å². The third-order valence-corrected chi connectivity index (χ3v) is 3.28. The molecule has 1 aliphatic carbocycles. The summed E-state index contributed by atoms with van der Waals surface area (Å²) in [5, 5.41) is 9.18. The van der Waals surface area contributed by atoms with Crippen molar-refractivity contribution < 1.29 is 4.79 Å². The predicted molar refractivity (Wildman–Crippen MR) is 49.6 cm³/mol. The highest BCUT2D eigenvalue weighted by molar-refractivity contribution is 8.14. The highest BCUT2D eigenvalue weighted by Crippen LogP contribution is 2.48. The molecule has 0 amide bonds. The second kappa shape index (κ2) is 3.49. The number of rotatable bonds is 2. The lowest BCUT2D eigenvalue weighted by atomic mass is 9.68. The van der Waals surface area contributed by atoms with Crippen molar-refractivity contribution in [1.82, 2.24) is 0 Å². The molecule has 0 aliphatic heterocycles. The Kier molecular flexibility index (Phi) is 2.79. The van der Waals surface area contributed by atoms with Gasteiger partial charge in [-0.05, 0) is 18.3 Å². The Hall–Kier alpha value is -0.490. The van der Waals surface area contributed by atoms with Crippen LogP contribution in [0.4, 0.5) is 0 Å². The molecule has 0 spiro atoms. The Morgan fingerprint density at radius 3 is 2.75 bits per heavy atom. The molecule has 0 heterocycles. The van der Waals surface area contributed by atoms with Crippen LogP contribution in [0.1, 0.15) is 33.1 Å². The van der Waals surface area contributed by atoms with Crippen LogP contribution in [0.5, 0.6) is 0 Å². The summed E-state index contributed by atoms with van der Waals surface area (Å²) in [5.41, 5.74) is 0.196. The summed E-state index contributed by atoms with van der Waals surface area (Å²) >= 11 is 1.42. The first-order valence-corrected chi connectivity index (χ1v) is 4.98. The highest BCUT2D eigenvalue weighted by Gasteiger charge is 2.40. The fourth-order valence-corrected chi connectivity index (χ4v) is 3.13. The van der Waals surface area contributed by atoms with Crippen LogP contribution in [-0.2, 0) is 4.79 Å². The van der Waals surface area contributed by atoms with Crippen LogP contribution in [-0.4, -0.2) is 10.4 Å². The third-order valence-electron chi connectivity index (χ3n) is 2.28. The van der Waals surface area contributed by atoms with E-state index in [2.05, 4.69) is 13.0 Å². The average Bonchev–Trinajstić information content (AvgIpc) is 1.83. The van der Waals surface area contributed by atoms with E-state index in [0.29, 0.717) is 11.7 Å². The topological polar surface area (TPSA) is 40.9 Å². The lowest BCUT2D eigenvalue weighted by Gasteiger charge is -2.42. The third kappa shape index (κ3) is 2.25. The number of hydrogen-bond donors (Lipinski definition) is 0. The summed E-state index contributed by atoms with van der Waals surface area (Å²) in [6.45, 7) is 3.72. The van der Waals surface area contributed by atoms with Gasteiger partial charge in [0.25, 0.3) is 0 Å². The number of hydrogen-bond acceptors (Lipinski definition) is 3. The molecule has 1 fully saturated rings. The number of carbonyl (C=O) groups is 1. The minimum Gasteiger partial charge on any atom is -0.288 e. The van der Waals surface area contributed by atoms with E-state index in [4.69, 9.17) is 5.26 Å². The number of thioether (sulfide) groups is 1. The molecule has 0 bridgehead atoms. The fraction of sp³-hybridized carbons (Fsp3) is 0.778. The van der Waals surface area contributed by atoms with Crippen LogP contribution in [0.3, 0.4) is 0 Å². The molecular weight excluding hydrogens is 170 g/mol. The Labute approximate surface area is 77.3 Å². The van der Waals surface area contributed by atoms with E-state index in [9.17, 15) is 4.79 Å². The molecule has 0 saturated heterocycles. The van der Waals surface area contributed by atoms with Crippen molar-refractivity contribution >= 4 is 16.9 Å². The van der Waals surface area contributed by atoms with Crippen molar-refractivity contribution in [2.45, 2.75) is 38.4 Å². The molecule has 1 rings (SSSR count). The van der Waals surface area contributed by atoms with Crippen LogP contribution >= 0.6 is 11.8 Å². The molecule has 2 nitrogen and oxygen atoms in total. The van der Waals surface area contributed by atoms with Gasteiger partial charge in [0, 0.05) is 18.6 Å². The summed E-state index contributed by atoms with van der Waals surface area (Å²) in [5.74, 6) is 0. The largest absolute Gasteiger partial charge is 0.288 e. The molecule has 12 heavy (non-hydrogen) atoms. The van der Waals surface area contributed by atoms with Gasteiger partial charge in [0.15, 0.2) is 5.12 Å². The Bertz CT molecular complexity index is 225. The second-order valence-corrected chi connectivity index (χ2v) is 5.26. The van der Waals surface area contributed by atoms with E-state index in [0.717, 1.165) is 12.8 Å². The van der Waals surface area contributed by atoms with Gasteiger partial charge < -0.3 is 0 Å². The zero-order valence-corrected chi connectivity index (χ0v) is 8.28. The molecule has 0 aromatic heterocycles. The van der Waals surface area contributed by atoms with Gasteiger partial charge in [0.05, 0.1) is 6.07 Å². The predicted octanol–water partition coefficient (Wildman–Crippen LogP) is 2.35. The molecule has 0 radical (unpaired) electrons. The van der Waals surface area contributed by atoms with Crippen LogP contribution in [0.25, 0.3) is 0 Å². The quantitative estimate of drug-likeness (QED) is 0.659. The van der Waals surface area contributed by atoms with Gasteiger partial charge in [0.2, 0.25) is 0 Å². The molecule has 0 unspecified atom stereocenters. The van der Waals surface area contributed by atoms with Gasteiger partial charge in [-0.2, -0.15) is 5.26 Å². The van der Waals surface area contributed by atoms with Gasteiger partial charge in [-0.3, -0.25) is 4.79 Å². The van der Waals surface area contributed by atoms with Crippen molar-refractivity contribution in [1.29, 1.82) is 5.26 Å². The standard InChI is InChI=1S/C9H13NOS/c1-7(11)12-8-5-9(2,6-8)3-4-10/h8H,3,5-6H2,1-2H3. The average molecular weight is 183 g/mol. The first-order chi connectivity index (χ1) is 5.56. The van der Waals surface area contributed by atoms with E-state index >= 15 is 0 Å². The number of nitrogens with zero attached hydrogens (tertiary/aromatic N) is 1. The molecule has 1 saturated carbocycles. The first-order valence-electron chi connectivity index (χ1n) is 4.10. The summed E-state index contributed by atoms with van der Waals surface area (Å²) in [4.78, 5) is 10.7. The van der Waals surface area contributed by atoms with Crippen LogP contribution in [0.15, 0.2) is 0 Å². The van der Waals surface area contributed by atoms with Gasteiger partial charge in [0.1, 0.15) is 0 Å². The van der Waals surface area contributed by atoms with Crippen molar-refractivity contribution in [3.8, 4) is 6.07 Å². The Balaban J connectivity index is 2.28. The fourth-order valence-electron chi connectivity index (χ4n) is 1.69. The molecule has 0 N–H and O–H groups in total. The van der Waals surface area contributed by atoms with Gasteiger partial charge >= 0.3 is 0 Å². The molecule has 66 valence electrons. The monoisotopic (exact) mass is 183 g/mol. The smallest absolute Gasteiger partial charge is 0.186 e. The molecular formula is C9H13NOS. The lowest BCUT2D eigenvalue weighted by molar-refractivity contribution is -0.109. The zero-order valence-electron chi connectivity index (χ0n) is 7.46. The number of nitriles is 1. The second-order valence-electron chi connectivity index (χ2n) is 3.79. The summed E-state index contributed by atoms with van der Waals surface area (Å²) < 4.78 is 0. The maximum Gasteiger partial charge on any atom is 0.186 e. The Morgan fingerprint density at radius 1 is 1.75 bits per heavy atom. The molecule has 3 heteroatoms. The van der Waals surface area contributed by atoms with Crippen molar-refractivity contribution in [3.05, 3.63) is 0 Å². The minimum atomic E-state index is 0.194. The van der Waals surface area contributed by atoms with Crippen LogP contribution in [0.2, 0.25) is 0 Å². The van der Waals surface area contributed by atoms with Crippen LogP contribution < -0.4 is 0 Å². The maximum absolute atomic E-state index is 10.7. The summed E-state index contributed by atoms with van der Waals surface area (Å²) in [7, 11) is 0. The van der Waals surface area contributed by atoms with Gasteiger partial charge in [-0.25, -0.2) is 0 Å². The van der Waals surface area contributed by atoms with E-state index in [-0.39, 0.29) is 10.5 Å². The van der Waals surface area contributed by atoms with E-state index in [1.807, 2.05) is 0 Å². The molecule has 1 aliphatic rings. The van der Waals surface area contributed by atoms with Crippen molar-refractivity contribution in [2.75, 3.05) is 0 Å². The lowest BCUT2D eigenvalue weighted by Crippen LogP contribution is -2.36. The van der Waals surface area contributed by atoms with Crippen molar-refractivity contribution in [3.63, 3.8) is 0 Å². The van der Waals surface area contributed by atoms with E-state index in [1.165, 1.54) is 11.8 Å². The van der Waals surface area contributed by atoms with Gasteiger partial charge in [-0.15, -0.1) is 0 Å². The minimum absolute atomic E-state index is 0.194. The van der Waals surface area contributed by atoms with E-state index in [1.54, 1.807) is 6.92 Å². The maximum atomic E-state index is 10.7. The normalized spacial score (nSPS) is 33.6. The summed E-state index contributed by atoms with van der Waals surface area (Å²) in [6, 6.07) is 2.19. The van der Waals surface area contributed by atoms with Crippen molar-refractivity contribution in [2.24, 2.45) is 5.41 Å².